The van der Waals surface area contributed by atoms with E-state index in [1.165, 1.54) is 0 Å². The second-order valence-corrected chi connectivity index (χ2v) is 5.35. The highest BCUT2D eigenvalue weighted by atomic mass is 16.5. The van der Waals surface area contributed by atoms with Crippen molar-refractivity contribution in [3.63, 3.8) is 0 Å². The molecular formula is C15H21N3O3. The van der Waals surface area contributed by atoms with Crippen LogP contribution in [0.5, 0.6) is 5.75 Å². The van der Waals surface area contributed by atoms with Gasteiger partial charge in [0, 0.05) is 0 Å². The van der Waals surface area contributed by atoms with Crippen LogP contribution in [0, 0.1) is 0 Å². The first-order valence-electron chi connectivity index (χ1n) is 7.01. The van der Waals surface area contributed by atoms with Gasteiger partial charge >= 0.3 is 0 Å². The molecule has 0 bridgehead atoms. The van der Waals surface area contributed by atoms with Gasteiger partial charge in [-0.1, -0.05) is 30.1 Å². The summed E-state index contributed by atoms with van der Waals surface area (Å²) >= 11 is 0. The molecule has 0 heterocycles. The summed E-state index contributed by atoms with van der Waals surface area (Å²) in [5, 5.41) is 14.9. The van der Waals surface area contributed by atoms with E-state index in [1.807, 2.05) is 24.3 Å². The minimum Gasteiger partial charge on any atom is -0.497 e. The fraction of sp³-hybridized carbons (Fsp3) is 0.467. The van der Waals surface area contributed by atoms with E-state index in [1.54, 1.807) is 7.11 Å². The maximum absolute atomic E-state index is 12.2. The molecule has 21 heavy (non-hydrogen) atoms. The minimum absolute atomic E-state index is 0.0862. The van der Waals surface area contributed by atoms with Crippen LogP contribution in [-0.4, -0.2) is 29.6 Å². The third-order valence-corrected chi connectivity index (χ3v) is 3.96. The van der Waals surface area contributed by atoms with E-state index in [9.17, 15) is 4.79 Å². The second kappa shape index (κ2) is 6.47. The van der Waals surface area contributed by atoms with E-state index >= 15 is 0 Å². The molecule has 0 aliphatic heterocycles. The zero-order chi connectivity index (χ0) is 15.3. The molecule has 4 N–H and O–H groups in total. The average molecular weight is 291 g/mol. The Labute approximate surface area is 124 Å². The summed E-state index contributed by atoms with van der Waals surface area (Å²) in [4.78, 5) is 12.2. The average Bonchev–Trinajstić information content (AvgIpc) is 2.96. The molecule has 1 fully saturated rings. The van der Waals surface area contributed by atoms with Gasteiger partial charge in [-0.15, -0.1) is 0 Å². The first kappa shape index (κ1) is 15.2. The molecule has 6 nitrogen and oxygen atoms in total. The van der Waals surface area contributed by atoms with Crippen LogP contribution in [0.2, 0.25) is 0 Å². The van der Waals surface area contributed by atoms with Crippen LogP contribution in [0.15, 0.2) is 29.4 Å². The number of nitrogens with zero attached hydrogens (tertiary/aromatic N) is 1. The summed E-state index contributed by atoms with van der Waals surface area (Å²) < 4.78 is 5.08. The van der Waals surface area contributed by atoms with Crippen molar-refractivity contribution in [3.8, 4) is 5.75 Å². The lowest BCUT2D eigenvalue weighted by molar-refractivity contribution is -0.121. The van der Waals surface area contributed by atoms with Crippen LogP contribution in [-0.2, 0) is 11.2 Å². The van der Waals surface area contributed by atoms with Gasteiger partial charge in [0.2, 0.25) is 5.91 Å². The third kappa shape index (κ3) is 3.45. The molecule has 1 aliphatic rings. The predicted molar refractivity (Wildman–Crippen MR) is 79.4 cm³/mol. The number of hydrogen-bond acceptors (Lipinski definition) is 4. The molecule has 1 amide bonds. The van der Waals surface area contributed by atoms with Crippen LogP contribution in [0.25, 0.3) is 0 Å². The smallest absolute Gasteiger partial charge is 0.225 e. The zero-order valence-corrected chi connectivity index (χ0v) is 12.1. The highest BCUT2D eigenvalue weighted by Crippen LogP contribution is 2.30. The fourth-order valence-electron chi connectivity index (χ4n) is 2.76. The quantitative estimate of drug-likeness (QED) is 0.331. The number of hydrogen-bond donors (Lipinski definition) is 3. The van der Waals surface area contributed by atoms with E-state index in [2.05, 4.69) is 10.5 Å². The lowest BCUT2D eigenvalue weighted by atomic mass is 9.95. The monoisotopic (exact) mass is 291 g/mol. The first-order valence-corrected chi connectivity index (χ1v) is 7.01. The lowest BCUT2D eigenvalue weighted by Crippen LogP contribution is -2.56. The first-order chi connectivity index (χ1) is 10.1. The number of oxime groups is 1. The highest BCUT2D eigenvalue weighted by Gasteiger charge is 2.39. The van der Waals surface area contributed by atoms with E-state index in [4.69, 9.17) is 15.7 Å². The summed E-state index contributed by atoms with van der Waals surface area (Å²) in [5.41, 5.74) is 5.96. The molecule has 0 radical (unpaired) electrons. The molecule has 6 heteroatoms. The molecule has 0 atom stereocenters. The molecule has 2 rings (SSSR count). The largest absolute Gasteiger partial charge is 0.497 e. The normalized spacial score (nSPS) is 17.5. The van der Waals surface area contributed by atoms with Crippen LogP contribution < -0.4 is 15.8 Å². The van der Waals surface area contributed by atoms with Gasteiger partial charge in [0.1, 0.15) is 11.3 Å². The Kier molecular flexibility index (Phi) is 4.67. The topological polar surface area (TPSA) is 96.9 Å². The van der Waals surface area contributed by atoms with Crippen molar-refractivity contribution in [2.24, 2.45) is 10.9 Å². The molecule has 0 saturated heterocycles. The van der Waals surface area contributed by atoms with Crippen molar-refractivity contribution >= 4 is 11.7 Å². The van der Waals surface area contributed by atoms with Gasteiger partial charge < -0.3 is 21.0 Å². The number of methoxy groups -OCH3 is 1. The van der Waals surface area contributed by atoms with Crippen LogP contribution in [0.4, 0.5) is 0 Å². The van der Waals surface area contributed by atoms with Crippen LogP contribution >= 0.6 is 0 Å². The van der Waals surface area contributed by atoms with Gasteiger partial charge in [0.05, 0.1) is 13.5 Å². The molecule has 114 valence electrons. The molecule has 0 spiro atoms. The number of carbonyl (C=O) groups excluding carboxylic acids is 1. The maximum atomic E-state index is 12.2. The number of benzene rings is 1. The standard InChI is InChI=1S/C15H21N3O3/c1-21-12-6-4-11(5-7-12)10-13(19)17-15(14(16)18-20)8-2-3-9-15/h4-7,20H,2-3,8-10H2,1H3,(H2,16,18)(H,17,19). The Balaban J connectivity index is 2.02. The van der Waals surface area contributed by atoms with Gasteiger partial charge in [0.25, 0.3) is 0 Å². The SMILES string of the molecule is COc1ccc(CC(=O)NC2(/C(N)=N/O)CCCC2)cc1. The van der Waals surface area contributed by atoms with Gasteiger partial charge in [-0.05, 0) is 30.5 Å². The summed E-state index contributed by atoms with van der Waals surface area (Å²) in [6.45, 7) is 0. The fourth-order valence-corrected chi connectivity index (χ4v) is 2.76. The summed E-state index contributed by atoms with van der Waals surface area (Å²) in [6, 6.07) is 7.33. The third-order valence-electron chi connectivity index (χ3n) is 3.96. The van der Waals surface area contributed by atoms with Gasteiger partial charge in [-0.2, -0.15) is 0 Å². The molecule has 1 saturated carbocycles. The molecule has 1 aromatic carbocycles. The van der Waals surface area contributed by atoms with Crippen molar-refractivity contribution in [3.05, 3.63) is 29.8 Å². The Morgan fingerprint density at radius 2 is 2.00 bits per heavy atom. The number of amides is 1. The molecule has 1 aromatic rings. The summed E-state index contributed by atoms with van der Waals surface area (Å²) in [7, 11) is 1.60. The maximum Gasteiger partial charge on any atom is 0.225 e. The summed E-state index contributed by atoms with van der Waals surface area (Å²) in [5.74, 6) is 0.708. The van der Waals surface area contributed by atoms with E-state index in [-0.39, 0.29) is 18.2 Å². The Morgan fingerprint density at radius 1 is 1.38 bits per heavy atom. The van der Waals surface area contributed by atoms with Crippen molar-refractivity contribution < 1.29 is 14.7 Å². The van der Waals surface area contributed by atoms with Gasteiger partial charge in [-0.3, -0.25) is 4.79 Å². The highest BCUT2D eigenvalue weighted by molar-refractivity contribution is 5.94. The van der Waals surface area contributed by atoms with E-state index < -0.39 is 5.54 Å². The molecule has 0 unspecified atom stereocenters. The van der Waals surface area contributed by atoms with E-state index in [0.717, 1.165) is 24.2 Å². The number of nitrogens with two attached hydrogens (primary N) is 1. The van der Waals surface area contributed by atoms with Crippen LogP contribution in [0.3, 0.4) is 0 Å². The Bertz CT molecular complexity index is 519. The molecular weight excluding hydrogens is 270 g/mol. The zero-order valence-electron chi connectivity index (χ0n) is 12.1. The van der Waals surface area contributed by atoms with Gasteiger partial charge in [-0.25, -0.2) is 0 Å². The summed E-state index contributed by atoms with van der Waals surface area (Å²) in [6.07, 6.45) is 3.58. The molecule has 0 aromatic heterocycles. The Hall–Kier alpha value is -2.24. The van der Waals surface area contributed by atoms with Crippen molar-refractivity contribution in [1.29, 1.82) is 0 Å². The lowest BCUT2D eigenvalue weighted by Gasteiger charge is -2.28. The van der Waals surface area contributed by atoms with Gasteiger partial charge in [0.15, 0.2) is 5.84 Å². The number of amidine groups is 1. The number of nitrogens with one attached hydrogen (secondary N) is 1. The number of rotatable bonds is 5. The van der Waals surface area contributed by atoms with Crippen molar-refractivity contribution in [1.82, 2.24) is 5.32 Å². The van der Waals surface area contributed by atoms with Crippen molar-refractivity contribution in [2.45, 2.75) is 37.6 Å². The van der Waals surface area contributed by atoms with Crippen molar-refractivity contribution in [2.75, 3.05) is 7.11 Å². The minimum atomic E-state index is -0.696. The Morgan fingerprint density at radius 3 is 2.52 bits per heavy atom. The second-order valence-electron chi connectivity index (χ2n) is 5.35. The van der Waals surface area contributed by atoms with Crippen LogP contribution in [0.1, 0.15) is 31.2 Å². The number of carbonyl (C=O) groups is 1. The predicted octanol–water partition coefficient (Wildman–Crippen LogP) is 1.41. The number of ether oxygens (including phenoxy) is 1. The van der Waals surface area contributed by atoms with E-state index in [0.29, 0.717) is 12.8 Å². The molecule has 1 aliphatic carbocycles.